The van der Waals surface area contributed by atoms with Crippen molar-refractivity contribution in [1.29, 1.82) is 0 Å². The Labute approximate surface area is 120 Å². The average molecular weight is 305 g/mol. The van der Waals surface area contributed by atoms with Crippen molar-refractivity contribution in [3.63, 3.8) is 0 Å². The molecule has 7 nitrogen and oxygen atoms in total. The first kappa shape index (κ1) is 16.9. The number of carbonyl (C=O) groups excluding carboxylic acids is 2. The highest BCUT2D eigenvalue weighted by molar-refractivity contribution is 7.88. The van der Waals surface area contributed by atoms with Gasteiger partial charge in [0.05, 0.1) is 6.26 Å². The first-order valence-corrected chi connectivity index (χ1v) is 8.60. The van der Waals surface area contributed by atoms with Crippen molar-refractivity contribution in [2.24, 2.45) is 0 Å². The summed E-state index contributed by atoms with van der Waals surface area (Å²) >= 11 is 0. The van der Waals surface area contributed by atoms with Crippen LogP contribution in [0, 0.1) is 0 Å². The summed E-state index contributed by atoms with van der Waals surface area (Å²) < 4.78 is 24.5. The van der Waals surface area contributed by atoms with Gasteiger partial charge in [-0.05, 0) is 26.7 Å². The van der Waals surface area contributed by atoms with E-state index in [0.717, 1.165) is 0 Å². The minimum Gasteiger partial charge on any atom is -0.354 e. The maximum atomic E-state index is 11.7. The molecule has 1 atom stereocenters. The Bertz CT molecular complexity index is 461. The van der Waals surface area contributed by atoms with Crippen molar-refractivity contribution in [3.05, 3.63) is 0 Å². The molecule has 2 amide bonds. The van der Waals surface area contributed by atoms with Gasteiger partial charge >= 0.3 is 0 Å². The molecule has 8 heteroatoms. The van der Waals surface area contributed by atoms with Gasteiger partial charge < -0.3 is 10.6 Å². The Morgan fingerprint density at radius 3 is 2.60 bits per heavy atom. The summed E-state index contributed by atoms with van der Waals surface area (Å²) in [5, 5.41) is 5.30. The maximum Gasteiger partial charge on any atom is 0.242 e. The topological polar surface area (TPSA) is 95.6 Å². The summed E-state index contributed by atoms with van der Waals surface area (Å²) in [5.41, 5.74) is 0. The monoisotopic (exact) mass is 305 g/mol. The molecule has 1 aliphatic rings. The van der Waals surface area contributed by atoms with Crippen molar-refractivity contribution in [2.75, 3.05) is 19.3 Å². The summed E-state index contributed by atoms with van der Waals surface area (Å²) in [7, 11) is -3.22. The Kier molecular flexibility index (Phi) is 5.94. The first-order chi connectivity index (χ1) is 9.21. The molecule has 116 valence electrons. The van der Waals surface area contributed by atoms with Crippen molar-refractivity contribution < 1.29 is 18.0 Å². The van der Waals surface area contributed by atoms with E-state index < -0.39 is 16.1 Å². The van der Waals surface area contributed by atoms with Gasteiger partial charge in [-0.15, -0.1) is 0 Å². The molecular weight excluding hydrogens is 282 g/mol. The first-order valence-electron chi connectivity index (χ1n) is 6.75. The van der Waals surface area contributed by atoms with Crippen LogP contribution in [0.25, 0.3) is 0 Å². The molecule has 0 aliphatic carbocycles. The smallest absolute Gasteiger partial charge is 0.242 e. The molecular formula is C12H23N3O4S. The van der Waals surface area contributed by atoms with E-state index in [1.54, 1.807) is 0 Å². The van der Waals surface area contributed by atoms with E-state index in [9.17, 15) is 18.0 Å². The molecule has 0 bridgehead atoms. The van der Waals surface area contributed by atoms with Gasteiger partial charge in [-0.25, -0.2) is 8.42 Å². The molecule has 1 rings (SSSR count). The number of hydrogen-bond donors (Lipinski definition) is 2. The van der Waals surface area contributed by atoms with E-state index >= 15 is 0 Å². The van der Waals surface area contributed by atoms with E-state index in [1.807, 2.05) is 13.8 Å². The van der Waals surface area contributed by atoms with Crippen molar-refractivity contribution in [1.82, 2.24) is 14.9 Å². The third-order valence-corrected chi connectivity index (χ3v) is 4.62. The fraction of sp³-hybridized carbons (Fsp3) is 0.833. The highest BCUT2D eigenvalue weighted by Crippen LogP contribution is 2.07. The average Bonchev–Trinajstić information content (AvgIpc) is 2.73. The minimum atomic E-state index is -3.22. The molecule has 1 heterocycles. The highest BCUT2D eigenvalue weighted by atomic mass is 32.2. The zero-order valence-electron chi connectivity index (χ0n) is 12.2. The second kappa shape index (κ2) is 7.03. The molecule has 0 aromatic heterocycles. The Morgan fingerprint density at radius 1 is 1.50 bits per heavy atom. The fourth-order valence-electron chi connectivity index (χ4n) is 2.19. The fourth-order valence-corrected chi connectivity index (χ4v) is 3.41. The predicted molar refractivity (Wildman–Crippen MR) is 75.5 cm³/mol. The van der Waals surface area contributed by atoms with Gasteiger partial charge in [-0.1, -0.05) is 0 Å². The predicted octanol–water partition coefficient (Wildman–Crippen LogP) is -0.559. The molecule has 0 spiro atoms. The molecule has 1 unspecified atom stereocenters. The van der Waals surface area contributed by atoms with Gasteiger partial charge in [0.2, 0.25) is 21.8 Å². The molecule has 1 aliphatic heterocycles. The molecule has 1 saturated heterocycles. The molecule has 20 heavy (non-hydrogen) atoms. The van der Waals surface area contributed by atoms with Crippen LogP contribution in [0.5, 0.6) is 0 Å². The molecule has 0 saturated carbocycles. The molecule has 1 fully saturated rings. The van der Waals surface area contributed by atoms with Crippen LogP contribution in [0.15, 0.2) is 0 Å². The number of nitrogens with zero attached hydrogens (tertiary/aromatic N) is 1. The third kappa shape index (κ3) is 5.09. The zero-order valence-corrected chi connectivity index (χ0v) is 13.0. The molecule has 0 radical (unpaired) electrons. The van der Waals surface area contributed by atoms with Crippen LogP contribution >= 0.6 is 0 Å². The molecule has 0 aromatic carbocycles. The van der Waals surface area contributed by atoms with Gasteiger partial charge in [0, 0.05) is 25.6 Å². The summed E-state index contributed by atoms with van der Waals surface area (Å²) in [4.78, 5) is 22.7. The minimum absolute atomic E-state index is 0.102. The Balaban J connectivity index is 2.30. The number of sulfonamides is 1. The molecule has 0 aromatic rings. The summed E-state index contributed by atoms with van der Waals surface area (Å²) in [6.45, 7) is 4.39. The zero-order chi connectivity index (χ0) is 15.3. The third-order valence-electron chi connectivity index (χ3n) is 3.17. The van der Waals surface area contributed by atoms with Crippen LogP contribution in [-0.2, 0) is 19.6 Å². The van der Waals surface area contributed by atoms with Crippen LogP contribution in [0.1, 0.15) is 33.1 Å². The number of hydrogen-bond acceptors (Lipinski definition) is 4. The summed E-state index contributed by atoms with van der Waals surface area (Å²) in [5.74, 6) is -0.306. The van der Waals surface area contributed by atoms with Gasteiger partial charge in [0.25, 0.3) is 0 Å². The number of nitrogens with one attached hydrogen (secondary N) is 2. The van der Waals surface area contributed by atoms with Crippen LogP contribution in [0.3, 0.4) is 0 Å². The van der Waals surface area contributed by atoms with Crippen LogP contribution < -0.4 is 10.6 Å². The molecule has 2 N–H and O–H groups in total. The van der Waals surface area contributed by atoms with Crippen LogP contribution in [0.2, 0.25) is 0 Å². The number of carbonyl (C=O) groups is 2. The maximum absolute atomic E-state index is 11.7. The van der Waals surface area contributed by atoms with Gasteiger partial charge in [0.15, 0.2) is 0 Å². The van der Waals surface area contributed by atoms with E-state index in [4.69, 9.17) is 0 Å². The summed E-state index contributed by atoms with van der Waals surface area (Å²) in [6.07, 6.45) is 2.62. The SMILES string of the molecule is CC(C)N(CCCNC(=O)C1CCC(=O)N1)S(C)(=O)=O. The normalized spacial score (nSPS) is 19.4. The number of rotatable bonds is 7. The second-order valence-corrected chi connectivity index (χ2v) is 7.21. The van der Waals surface area contributed by atoms with Gasteiger partial charge in [0.1, 0.15) is 6.04 Å². The lowest BCUT2D eigenvalue weighted by atomic mass is 10.2. The van der Waals surface area contributed by atoms with E-state index in [0.29, 0.717) is 32.4 Å². The van der Waals surface area contributed by atoms with E-state index in [1.165, 1.54) is 10.6 Å². The standard InChI is InChI=1S/C12H23N3O4S/c1-9(2)15(20(3,18)19)8-4-7-13-12(17)10-5-6-11(16)14-10/h9-10H,4-8H2,1-3H3,(H,13,17)(H,14,16). The summed E-state index contributed by atoms with van der Waals surface area (Å²) in [6, 6.07) is -0.548. The van der Waals surface area contributed by atoms with Crippen LogP contribution in [-0.4, -0.2) is 56.0 Å². The van der Waals surface area contributed by atoms with Crippen molar-refractivity contribution in [3.8, 4) is 0 Å². The quantitative estimate of drug-likeness (QED) is 0.616. The lowest BCUT2D eigenvalue weighted by Gasteiger charge is -2.23. The van der Waals surface area contributed by atoms with E-state index in [2.05, 4.69) is 10.6 Å². The number of amides is 2. The van der Waals surface area contributed by atoms with Crippen molar-refractivity contribution in [2.45, 2.75) is 45.2 Å². The largest absolute Gasteiger partial charge is 0.354 e. The van der Waals surface area contributed by atoms with Crippen LogP contribution in [0.4, 0.5) is 0 Å². The van der Waals surface area contributed by atoms with Gasteiger partial charge in [-0.2, -0.15) is 4.31 Å². The van der Waals surface area contributed by atoms with Gasteiger partial charge in [-0.3, -0.25) is 9.59 Å². The Morgan fingerprint density at radius 2 is 2.15 bits per heavy atom. The van der Waals surface area contributed by atoms with E-state index in [-0.39, 0.29) is 17.9 Å². The lowest BCUT2D eigenvalue weighted by molar-refractivity contribution is -0.125. The lowest BCUT2D eigenvalue weighted by Crippen LogP contribution is -2.43. The second-order valence-electron chi connectivity index (χ2n) is 5.27. The highest BCUT2D eigenvalue weighted by Gasteiger charge is 2.26. The Hall–Kier alpha value is -1.15. The van der Waals surface area contributed by atoms with Crippen molar-refractivity contribution >= 4 is 21.8 Å².